The fraction of sp³-hybridized carbons (Fsp3) is 0.417. The summed E-state index contributed by atoms with van der Waals surface area (Å²) in [5, 5.41) is 12.6. The first-order chi connectivity index (χ1) is 7.50. The van der Waals surface area contributed by atoms with E-state index in [2.05, 4.69) is 5.32 Å². The highest BCUT2D eigenvalue weighted by Gasteiger charge is 2.12. The first kappa shape index (κ1) is 13.0. The van der Waals surface area contributed by atoms with Gasteiger partial charge < -0.3 is 10.4 Å². The Hall–Kier alpha value is -1.06. The predicted molar refractivity (Wildman–Crippen MR) is 64.7 cm³/mol. The van der Waals surface area contributed by atoms with E-state index in [0.29, 0.717) is 11.6 Å². The van der Waals surface area contributed by atoms with Crippen LogP contribution >= 0.6 is 11.6 Å². The number of carbonyl (C=O) groups is 1. The van der Waals surface area contributed by atoms with Crippen molar-refractivity contribution < 1.29 is 9.90 Å². The lowest BCUT2D eigenvalue weighted by atomic mass is 10.1. The van der Waals surface area contributed by atoms with Gasteiger partial charge in [-0.1, -0.05) is 30.7 Å². The zero-order valence-electron chi connectivity index (χ0n) is 9.40. The normalized spacial score (nSPS) is 14.4. The molecule has 0 aliphatic heterocycles. The number of benzene rings is 1. The molecule has 2 atom stereocenters. The van der Waals surface area contributed by atoms with Crippen molar-refractivity contribution in [3.05, 3.63) is 34.9 Å². The highest BCUT2D eigenvalue weighted by atomic mass is 35.5. The van der Waals surface area contributed by atoms with Crippen LogP contribution in [-0.2, 0) is 4.79 Å². The van der Waals surface area contributed by atoms with E-state index in [-0.39, 0.29) is 12.0 Å². The van der Waals surface area contributed by atoms with Crippen molar-refractivity contribution in [3.63, 3.8) is 0 Å². The van der Waals surface area contributed by atoms with Gasteiger partial charge in [-0.25, -0.2) is 0 Å². The third-order valence-electron chi connectivity index (χ3n) is 2.50. The van der Waals surface area contributed by atoms with E-state index in [1.54, 1.807) is 6.92 Å². The van der Waals surface area contributed by atoms with Crippen LogP contribution < -0.4 is 5.32 Å². The van der Waals surface area contributed by atoms with E-state index < -0.39 is 5.97 Å². The van der Waals surface area contributed by atoms with Gasteiger partial charge in [-0.3, -0.25) is 4.79 Å². The molecule has 0 aliphatic rings. The van der Waals surface area contributed by atoms with E-state index in [9.17, 15) is 4.79 Å². The highest BCUT2D eigenvalue weighted by Crippen LogP contribution is 2.17. The van der Waals surface area contributed by atoms with Crippen molar-refractivity contribution in [3.8, 4) is 0 Å². The van der Waals surface area contributed by atoms with Gasteiger partial charge in [0.2, 0.25) is 0 Å². The topological polar surface area (TPSA) is 49.3 Å². The molecule has 1 aromatic rings. The number of hydrogen-bond acceptors (Lipinski definition) is 2. The fourth-order valence-electron chi connectivity index (χ4n) is 1.33. The molecule has 1 rings (SSSR count). The average Bonchev–Trinajstić information content (AvgIpc) is 2.25. The number of carboxylic acids is 1. The monoisotopic (exact) mass is 241 g/mol. The summed E-state index contributed by atoms with van der Waals surface area (Å²) in [6, 6.07) is 7.65. The Morgan fingerprint density at radius 3 is 2.75 bits per heavy atom. The minimum Gasteiger partial charge on any atom is -0.481 e. The molecule has 0 aromatic heterocycles. The molecule has 0 aliphatic carbocycles. The van der Waals surface area contributed by atoms with E-state index in [1.807, 2.05) is 31.2 Å². The lowest BCUT2D eigenvalue weighted by Gasteiger charge is -2.16. The van der Waals surface area contributed by atoms with Gasteiger partial charge in [0, 0.05) is 17.6 Å². The summed E-state index contributed by atoms with van der Waals surface area (Å²) in [7, 11) is 0. The van der Waals surface area contributed by atoms with E-state index in [4.69, 9.17) is 16.7 Å². The standard InChI is InChI=1S/C12H16ClNO2/c1-8(12(15)16)7-14-9(2)10-4-3-5-11(13)6-10/h3-6,8-9,14H,7H2,1-2H3,(H,15,16)/t8?,9-/m0/s1. The number of halogens is 1. The van der Waals surface area contributed by atoms with Crippen LogP contribution in [0.15, 0.2) is 24.3 Å². The Morgan fingerprint density at radius 2 is 2.19 bits per heavy atom. The van der Waals surface area contributed by atoms with Crippen molar-refractivity contribution in [1.29, 1.82) is 0 Å². The molecule has 3 nitrogen and oxygen atoms in total. The van der Waals surface area contributed by atoms with Gasteiger partial charge in [0.1, 0.15) is 0 Å². The molecule has 0 fully saturated rings. The van der Waals surface area contributed by atoms with Gasteiger partial charge in [0.15, 0.2) is 0 Å². The lowest BCUT2D eigenvalue weighted by Crippen LogP contribution is -2.28. The van der Waals surface area contributed by atoms with Crippen molar-refractivity contribution in [2.45, 2.75) is 19.9 Å². The molecular weight excluding hydrogens is 226 g/mol. The molecule has 16 heavy (non-hydrogen) atoms. The van der Waals surface area contributed by atoms with E-state index in [1.165, 1.54) is 0 Å². The van der Waals surface area contributed by atoms with Gasteiger partial charge in [-0.05, 0) is 24.6 Å². The summed E-state index contributed by atoms with van der Waals surface area (Å²) in [4.78, 5) is 10.6. The number of hydrogen-bond donors (Lipinski definition) is 2. The molecule has 0 saturated heterocycles. The largest absolute Gasteiger partial charge is 0.481 e. The smallest absolute Gasteiger partial charge is 0.307 e. The maximum atomic E-state index is 10.6. The predicted octanol–water partition coefficient (Wildman–Crippen LogP) is 2.71. The van der Waals surface area contributed by atoms with Crippen LogP contribution in [0.5, 0.6) is 0 Å². The van der Waals surface area contributed by atoms with Gasteiger partial charge in [0.05, 0.1) is 5.92 Å². The van der Waals surface area contributed by atoms with Crippen molar-refractivity contribution in [1.82, 2.24) is 5.32 Å². The summed E-state index contributed by atoms with van der Waals surface area (Å²) in [6.45, 7) is 4.11. The Labute approximate surface area is 100 Å². The first-order valence-electron chi connectivity index (χ1n) is 5.22. The molecule has 0 saturated carbocycles. The molecule has 1 aromatic carbocycles. The number of nitrogens with one attached hydrogen (secondary N) is 1. The van der Waals surface area contributed by atoms with Crippen LogP contribution in [0.3, 0.4) is 0 Å². The Bertz CT molecular complexity index is 368. The Kier molecular flexibility index (Phi) is 4.77. The van der Waals surface area contributed by atoms with Gasteiger partial charge in [0.25, 0.3) is 0 Å². The van der Waals surface area contributed by atoms with Crippen LogP contribution in [0, 0.1) is 5.92 Å². The zero-order valence-corrected chi connectivity index (χ0v) is 10.2. The van der Waals surface area contributed by atoms with Crippen molar-refractivity contribution in [2.75, 3.05) is 6.54 Å². The summed E-state index contributed by atoms with van der Waals surface area (Å²) in [5.74, 6) is -1.17. The maximum Gasteiger partial charge on any atom is 0.307 e. The Balaban J connectivity index is 2.52. The van der Waals surface area contributed by atoms with Crippen LogP contribution in [0.2, 0.25) is 5.02 Å². The maximum absolute atomic E-state index is 10.6. The van der Waals surface area contributed by atoms with Crippen LogP contribution in [0.4, 0.5) is 0 Å². The zero-order chi connectivity index (χ0) is 12.1. The van der Waals surface area contributed by atoms with E-state index in [0.717, 1.165) is 5.56 Å². The summed E-state index contributed by atoms with van der Waals surface area (Å²) < 4.78 is 0. The second kappa shape index (κ2) is 5.87. The van der Waals surface area contributed by atoms with Crippen LogP contribution in [0.25, 0.3) is 0 Å². The van der Waals surface area contributed by atoms with Gasteiger partial charge >= 0.3 is 5.97 Å². The number of aliphatic carboxylic acids is 1. The third kappa shape index (κ3) is 3.83. The summed E-state index contributed by atoms with van der Waals surface area (Å²) in [6.07, 6.45) is 0. The molecule has 1 unspecified atom stereocenters. The van der Waals surface area contributed by atoms with Crippen molar-refractivity contribution >= 4 is 17.6 Å². The molecule has 2 N–H and O–H groups in total. The molecule has 0 spiro atoms. The van der Waals surface area contributed by atoms with E-state index >= 15 is 0 Å². The minimum atomic E-state index is -0.786. The summed E-state index contributed by atoms with van der Waals surface area (Å²) >= 11 is 5.88. The number of carboxylic acid groups (broad SMARTS) is 1. The fourth-order valence-corrected chi connectivity index (χ4v) is 1.53. The minimum absolute atomic E-state index is 0.0977. The highest BCUT2D eigenvalue weighted by molar-refractivity contribution is 6.30. The van der Waals surface area contributed by atoms with Gasteiger partial charge in [-0.2, -0.15) is 0 Å². The molecule has 88 valence electrons. The van der Waals surface area contributed by atoms with Crippen molar-refractivity contribution in [2.24, 2.45) is 5.92 Å². The third-order valence-corrected chi connectivity index (χ3v) is 2.74. The molecule has 0 amide bonds. The van der Waals surface area contributed by atoms with Gasteiger partial charge in [-0.15, -0.1) is 0 Å². The number of rotatable bonds is 5. The lowest BCUT2D eigenvalue weighted by molar-refractivity contribution is -0.140. The second-order valence-electron chi connectivity index (χ2n) is 3.92. The average molecular weight is 242 g/mol. The molecule has 4 heteroatoms. The van der Waals surface area contributed by atoms with Crippen LogP contribution in [-0.4, -0.2) is 17.6 Å². The SMILES string of the molecule is CC(CN[C@@H](C)c1cccc(Cl)c1)C(=O)O. The first-order valence-corrected chi connectivity index (χ1v) is 5.60. The molecular formula is C12H16ClNO2. The second-order valence-corrected chi connectivity index (χ2v) is 4.36. The molecule has 0 heterocycles. The molecule has 0 radical (unpaired) electrons. The Morgan fingerprint density at radius 1 is 1.50 bits per heavy atom. The quantitative estimate of drug-likeness (QED) is 0.833. The molecule has 0 bridgehead atoms. The van der Waals surface area contributed by atoms with Crippen LogP contribution in [0.1, 0.15) is 25.5 Å². The summed E-state index contributed by atoms with van der Waals surface area (Å²) in [5.41, 5.74) is 1.06.